The first-order chi connectivity index (χ1) is 9.29. The molecule has 3 atom stereocenters. The predicted molar refractivity (Wildman–Crippen MR) is 84.8 cm³/mol. The first kappa shape index (κ1) is 14.9. The van der Waals surface area contributed by atoms with Crippen LogP contribution in [-0.4, -0.2) is 5.38 Å². The third-order valence-electron chi connectivity index (χ3n) is 4.58. The van der Waals surface area contributed by atoms with Crippen LogP contribution in [0.5, 0.6) is 0 Å². The Bertz CT molecular complexity index is 346. The van der Waals surface area contributed by atoms with Gasteiger partial charge in [-0.1, -0.05) is 50.1 Å². The summed E-state index contributed by atoms with van der Waals surface area (Å²) < 4.78 is 0. The summed E-state index contributed by atoms with van der Waals surface area (Å²) in [5.41, 5.74) is 1.47. The number of alkyl halides is 1. The van der Waals surface area contributed by atoms with Gasteiger partial charge in [0.2, 0.25) is 0 Å². The van der Waals surface area contributed by atoms with Crippen LogP contribution in [0.15, 0.2) is 30.3 Å². The van der Waals surface area contributed by atoms with Crippen molar-refractivity contribution in [3.8, 4) is 0 Å². The fourth-order valence-electron chi connectivity index (χ4n) is 3.51. The molecule has 0 nitrogen and oxygen atoms in total. The van der Waals surface area contributed by atoms with Crippen LogP contribution < -0.4 is 0 Å². The van der Waals surface area contributed by atoms with E-state index in [0.717, 1.165) is 11.8 Å². The molecule has 19 heavy (non-hydrogen) atoms. The van der Waals surface area contributed by atoms with Crippen molar-refractivity contribution in [3.63, 3.8) is 0 Å². The summed E-state index contributed by atoms with van der Waals surface area (Å²) in [6.07, 6.45) is 10.5. The molecular weight excluding hydrogens is 252 g/mol. The van der Waals surface area contributed by atoms with Crippen LogP contribution in [0, 0.1) is 11.8 Å². The SMILES string of the molecule is CCCC1CCC(Cl)C(CCCc2ccccc2)C1. The normalized spacial score (nSPS) is 27.4. The molecule has 1 fully saturated rings. The number of benzene rings is 1. The molecule has 0 aliphatic heterocycles. The molecule has 0 saturated heterocycles. The van der Waals surface area contributed by atoms with E-state index in [-0.39, 0.29) is 0 Å². The average molecular weight is 279 g/mol. The van der Waals surface area contributed by atoms with Crippen molar-refractivity contribution >= 4 is 11.6 Å². The quantitative estimate of drug-likeness (QED) is 0.574. The van der Waals surface area contributed by atoms with E-state index in [9.17, 15) is 0 Å². The maximum absolute atomic E-state index is 6.53. The summed E-state index contributed by atoms with van der Waals surface area (Å²) in [6.45, 7) is 2.30. The van der Waals surface area contributed by atoms with Crippen LogP contribution in [0.1, 0.15) is 57.4 Å². The highest BCUT2D eigenvalue weighted by Gasteiger charge is 2.28. The Morgan fingerprint density at radius 1 is 1.11 bits per heavy atom. The lowest BCUT2D eigenvalue weighted by Crippen LogP contribution is -2.25. The highest BCUT2D eigenvalue weighted by atomic mass is 35.5. The van der Waals surface area contributed by atoms with Crippen molar-refractivity contribution in [3.05, 3.63) is 35.9 Å². The Morgan fingerprint density at radius 3 is 2.63 bits per heavy atom. The van der Waals surface area contributed by atoms with E-state index in [4.69, 9.17) is 11.6 Å². The van der Waals surface area contributed by atoms with Crippen molar-refractivity contribution in [1.82, 2.24) is 0 Å². The van der Waals surface area contributed by atoms with Crippen molar-refractivity contribution in [1.29, 1.82) is 0 Å². The molecule has 1 aromatic rings. The molecular formula is C18H27Cl. The van der Waals surface area contributed by atoms with Crippen LogP contribution in [0.3, 0.4) is 0 Å². The smallest absolute Gasteiger partial charge is 0.0364 e. The van der Waals surface area contributed by atoms with E-state index < -0.39 is 0 Å². The molecule has 2 rings (SSSR count). The molecule has 1 aromatic carbocycles. The topological polar surface area (TPSA) is 0 Å². The Labute approximate surface area is 123 Å². The summed E-state index contributed by atoms with van der Waals surface area (Å²) in [5, 5.41) is 0.434. The zero-order chi connectivity index (χ0) is 13.5. The van der Waals surface area contributed by atoms with Gasteiger partial charge in [0, 0.05) is 5.38 Å². The minimum absolute atomic E-state index is 0.434. The Morgan fingerprint density at radius 2 is 1.89 bits per heavy atom. The Hall–Kier alpha value is -0.490. The van der Waals surface area contributed by atoms with Crippen LogP contribution in [0.2, 0.25) is 0 Å². The van der Waals surface area contributed by atoms with E-state index in [1.54, 1.807) is 0 Å². The van der Waals surface area contributed by atoms with Gasteiger partial charge in [0.15, 0.2) is 0 Å². The van der Waals surface area contributed by atoms with Gasteiger partial charge in [-0.3, -0.25) is 0 Å². The van der Waals surface area contributed by atoms with Gasteiger partial charge in [-0.05, 0) is 55.9 Å². The average Bonchev–Trinajstić information content (AvgIpc) is 2.44. The molecule has 106 valence electrons. The van der Waals surface area contributed by atoms with Crippen LogP contribution in [-0.2, 0) is 6.42 Å². The van der Waals surface area contributed by atoms with Gasteiger partial charge in [-0.2, -0.15) is 0 Å². The lowest BCUT2D eigenvalue weighted by atomic mass is 9.77. The first-order valence-electron chi connectivity index (χ1n) is 7.97. The predicted octanol–water partition coefficient (Wildman–Crippen LogP) is 5.83. The van der Waals surface area contributed by atoms with Crippen LogP contribution in [0.25, 0.3) is 0 Å². The molecule has 0 radical (unpaired) electrons. The van der Waals surface area contributed by atoms with Crippen molar-refractivity contribution < 1.29 is 0 Å². The molecule has 0 aromatic heterocycles. The zero-order valence-corrected chi connectivity index (χ0v) is 12.9. The number of hydrogen-bond acceptors (Lipinski definition) is 0. The molecule has 0 heterocycles. The maximum atomic E-state index is 6.53. The molecule has 0 N–H and O–H groups in total. The highest BCUT2D eigenvalue weighted by molar-refractivity contribution is 6.20. The largest absolute Gasteiger partial charge is 0.123 e. The monoisotopic (exact) mass is 278 g/mol. The molecule has 1 saturated carbocycles. The van der Waals surface area contributed by atoms with Crippen LogP contribution >= 0.6 is 11.6 Å². The Balaban J connectivity index is 1.74. The number of rotatable bonds is 6. The second kappa shape index (κ2) is 7.94. The van der Waals surface area contributed by atoms with Gasteiger partial charge in [-0.15, -0.1) is 11.6 Å². The van der Waals surface area contributed by atoms with Crippen molar-refractivity contribution in [2.24, 2.45) is 11.8 Å². The van der Waals surface area contributed by atoms with Crippen LogP contribution in [0.4, 0.5) is 0 Å². The van der Waals surface area contributed by atoms with Gasteiger partial charge in [-0.25, -0.2) is 0 Å². The fraction of sp³-hybridized carbons (Fsp3) is 0.667. The first-order valence-corrected chi connectivity index (χ1v) is 8.41. The lowest BCUT2D eigenvalue weighted by molar-refractivity contribution is 0.245. The number of halogens is 1. The van der Waals surface area contributed by atoms with Gasteiger partial charge in [0.25, 0.3) is 0 Å². The zero-order valence-electron chi connectivity index (χ0n) is 12.2. The summed E-state index contributed by atoms with van der Waals surface area (Å²) in [4.78, 5) is 0. The number of hydrogen-bond donors (Lipinski definition) is 0. The third kappa shape index (κ3) is 4.84. The standard InChI is InChI=1S/C18H27Cl/c1-2-7-16-12-13-18(19)17(14-16)11-6-10-15-8-4-3-5-9-15/h3-5,8-9,16-18H,2,6-7,10-14H2,1H3. The van der Waals surface area contributed by atoms with E-state index in [0.29, 0.717) is 5.38 Å². The second-order valence-corrected chi connectivity index (χ2v) is 6.68. The van der Waals surface area contributed by atoms with E-state index in [1.165, 1.54) is 56.9 Å². The van der Waals surface area contributed by atoms with Gasteiger partial charge in [0.1, 0.15) is 0 Å². The molecule has 1 heteroatoms. The minimum Gasteiger partial charge on any atom is -0.123 e. The fourth-order valence-corrected chi connectivity index (χ4v) is 3.86. The molecule has 3 unspecified atom stereocenters. The second-order valence-electron chi connectivity index (χ2n) is 6.12. The lowest BCUT2D eigenvalue weighted by Gasteiger charge is -2.33. The Kier molecular flexibility index (Phi) is 6.23. The maximum Gasteiger partial charge on any atom is 0.0364 e. The third-order valence-corrected chi connectivity index (χ3v) is 5.15. The highest BCUT2D eigenvalue weighted by Crippen LogP contribution is 2.37. The van der Waals surface area contributed by atoms with Crippen molar-refractivity contribution in [2.75, 3.05) is 0 Å². The number of aryl methyl sites for hydroxylation is 1. The molecule has 0 amide bonds. The molecule has 0 bridgehead atoms. The van der Waals surface area contributed by atoms with Gasteiger partial charge < -0.3 is 0 Å². The van der Waals surface area contributed by atoms with E-state index >= 15 is 0 Å². The minimum atomic E-state index is 0.434. The van der Waals surface area contributed by atoms with Crippen molar-refractivity contribution in [2.45, 2.75) is 63.7 Å². The summed E-state index contributed by atoms with van der Waals surface area (Å²) >= 11 is 6.53. The molecule has 0 spiro atoms. The molecule has 1 aliphatic carbocycles. The van der Waals surface area contributed by atoms with Gasteiger partial charge >= 0.3 is 0 Å². The summed E-state index contributed by atoms with van der Waals surface area (Å²) in [6, 6.07) is 10.8. The summed E-state index contributed by atoms with van der Waals surface area (Å²) in [5.74, 6) is 1.71. The van der Waals surface area contributed by atoms with Gasteiger partial charge in [0.05, 0.1) is 0 Å². The van der Waals surface area contributed by atoms with E-state index in [1.807, 2.05) is 0 Å². The van der Waals surface area contributed by atoms with E-state index in [2.05, 4.69) is 37.3 Å². The summed E-state index contributed by atoms with van der Waals surface area (Å²) in [7, 11) is 0. The molecule has 1 aliphatic rings.